The summed E-state index contributed by atoms with van der Waals surface area (Å²) in [5.41, 5.74) is 3.99. The van der Waals surface area contributed by atoms with Crippen molar-refractivity contribution in [3.63, 3.8) is 0 Å². The van der Waals surface area contributed by atoms with Crippen LogP contribution in [-0.2, 0) is 13.1 Å². The Hall–Kier alpha value is -5.45. The number of carbonyl (C=O) groups excluding carboxylic acids is 2. The normalized spacial score (nSPS) is 10.6. The van der Waals surface area contributed by atoms with Crippen LogP contribution in [0.25, 0.3) is 5.65 Å². The summed E-state index contributed by atoms with van der Waals surface area (Å²) >= 11 is 6.13. The molecule has 5 rings (SSSR count). The quantitative estimate of drug-likeness (QED) is 0.277. The number of nitrogens with one attached hydrogen (secondary N) is 1. The van der Waals surface area contributed by atoms with E-state index in [2.05, 4.69) is 33.3 Å². The lowest BCUT2D eigenvalue weighted by atomic mass is 10.0. The largest absolute Gasteiger partial charge is 0.350 e. The van der Waals surface area contributed by atoms with Crippen molar-refractivity contribution in [1.82, 2.24) is 29.4 Å². The molecule has 0 radical (unpaired) electrons. The topological polar surface area (TPSA) is 108 Å². The Kier molecular flexibility index (Phi) is 8.51. The van der Waals surface area contributed by atoms with Crippen LogP contribution in [0.4, 0.5) is 4.39 Å². The van der Waals surface area contributed by atoms with Gasteiger partial charge in [0, 0.05) is 48.0 Å². The minimum absolute atomic E-state index is 0.0550. The number of carbonyl (C=O) groups is 2. The number of hydrogen-bond acceptors (Lipinski definition) is 5. The van der Waals surface area contributed by atoms with Crippen molar-refractivity contribution in [2.24, 2.45) is 0 Å². The summed E-state index contributed by atoms with van der Waals surface area (Å²) in [6.07, 6.45) is 3.30. The van der Waals surface area contributed by atoms with Crippen molar-refractivity contribution in [1.29, 1.82) is 5.26 Å². The summed E-state index contributed by atoms with van der Waals surface area (Å²) in [4.78, 5) is 31.9. The van der Waals surface area contributed by atoms with Crippen LogP contribution >= 0.6 is 11.6 Å². The van der Waals surface area contributed by atoms with Crippen molar-refractivity contribution in [3.05, 3.63) is 123 Å². The third kappa shape index (κ3) is 6.25. The lowest BCUT2D eigenvalue weighted by Gasteiger charge is -2.20. The zero-order valence-electron chi connectivity index (χ0n) is 23.3. The Labute approximate surface area is 252 Å². The summed E-state index contributed by atoms with van der Waals surface area (Å²) in [6.45, 7) is 2.16. The molecule has 214 valence electrons. The average Bonchev–Trinajstić information content (AvgIpc) is 3.62. The number of imidazole rings is 1. The fourth-order valence-electron chi connectivity index (χ4n) is 4.51. The lowest BCUT2D eigenvalue weighted by Crippen LogP contribution is -2.31. The summed E-state index contributed by atoms with van der Waals surface area (Å²) in [7, 11) is 1.53. The molecule has 0 spiro atoms. The first-order valence-corrected chi connectivity index (χ1v) is 13.6. The Morgan fingerprint density at radius 3 is 2.72 bits per heavy atom. The van der Waals surface area contributed by atoms with E-state index < -0.39 is 11.7 Å². The van der Waals surface area contributed by atoms with E-state index in [-0.39, 0.29) is 47.5 Å². The Balaban J connectivity index is 1.27. The number of rotatable bonds is 7. The number of aryl methyl sites for hydroxylation is 1. The van der Waals surface area contributed by atoms with Gasteiger partial charge in [0.15, 0.2) is 5.65 Å². The van der Waals surface area contributed by atoms with Gasteiger partial charge in [0.1, 0.15) is 29.0 Å². The van der Waals surface area contributed by atoms with Crippen molar-refractivity contribution < 1.29 is 14.0 Å². The molecule has 3 aromatic heterocycles. The molecular formula is C32H25ClFN7O2. The molecule has 1 N–H and O–H groups in total. The average molecular weight is 594 g/mol. The van der Waals surface area contributed by atoms with Crippen molar-refractivity contribution in [2.45, 2.75) is 20.0 Å². The molecular weight excluding hydrogens is 569 g/mol. The third-order valence-corrected chi connectivity index (χ3v) is 7.20. The molecule has 0 aliphatic carbocycles. The van der Waals surface area contributed by atoms with Crippen LogP contribution in [0.1, 0.15) is 48.9 Å². The number of nitrogens with zero attached hydrogens (tertiary/aromatic N) is 6. The van der Waals surface area contributed by atoms with E-state index in [1.807, 2.05) is 19.1 Å². The SMILES string of the molecule is Cc1ccc(C(=O)NCCn2c(C#N)ccc2C(=O)N(C)Cc2c(F)cccc2Cl)cc1C#Cc1cnc2cccnn12. The van der Waals surface area contributed by atoms with E-state index in [4.69, 9.17) is 11.6 Å². The summed E-state index contributed by atoms with van der Waals surface area (Å²) in [6, 6.07) is 18.3. The van der Waals surface area contributed by atoms with Gasteiger partial charge in [-0.25, -0.2) is 13.9 Å². The van der Waals surface area contributed by atoms with Crippen LogP contribution in [0.2, 0.25) is 5.02 Å². The van der Waals surface area contributed by atoms with E-state index in [1.54, 1.807) is 41.2 Å². The maximum atomic E-state index is 14.3. The highest BCUT2D eigenvalue weighted by molar-refractivity contribution is 6.31. The molecule has 0 atom stereocenters. The van der Waals surface area contributed by atoms with Gasteiger partial charge in [0.2, 0.25) is 0 Å². The molecule has 0 bridgehead atoms. The van der Waals surface area contributed by atoms with Crippen LogP contribution in [-0.4, -0.2) is 49.5 Å². The molecule has 5 aromatic rings. The predicted octanol–water partition coefficient (Wildman–Crippen LogP) is 4.61. The first-order valence-electron chi connectivity index (χ1n) is 13.2. The molecule has 0 aliphatic heterocycles. The van der Waals surface area contributed by atoms with E-state index in [1.165, 1.54) is 40.8 Å². The van der Waals surface area contributed by atoms with Gasteiger partial charge in [0.05, 0.1) is 12.7 Å². The monoisotopic (exact) mass is 593 g/mol. The second kappa shape index (κ2) is 12.6. The summed E-state index contributed by atoms with van der Waals surface area (Å²) < 4.78 is 17.4. The second-order valence-electron chi connectivity index (χ2n) is 9.70. The Morgan fingerprint density at radius 2 is 1.93 bits per heavy atom. The van der Waals surface area contributed by atoms with Crippen LogP contribution in [0.3, 0.4) is 0 Å². The minimum Gasteiger partial charge on any atom is -0.350 e. The highest BCUT2D eigenvalue weighted by Crippen LogP contribution is 2.21. The van der Waals surface area contributed by atoms with Crippen LogP contribution < -0.4 is 5.32 Å². The van der Waals surface area contributed by atoms with E-state index in [0.717, 1.165) is 5.56 Å². The second-order valence-corrected chi connectivity index (χ2v) is 10.1. The molecule has 2 amide bonds. The summed E-state index contributed by atoms with van der Waals surface area (Å²) in [5.74, 6) is 4.91. The number of benzene rings is 2. The molecule has 0 fully saturated rings. The number of nitriles is 1. The number of fused-ring (bicyclic) bond motifs is 1. The predicted molar refractivity (Wildman–Crippen MR) is 159 cm³/mol. The molecule has 0 saturated heterocycles. The van der Waals surface area contributed by atoms with Gasteiger partial charge in [-0.15, -0.1) is 0 Å². The zero-order valence-corrected chi connectivity index (χ0v) is 24.1. The van der Waals surface area contributed by atoms with Crippen LogP contribution in [0.5, 0.6) is 0 Å². The van der Waals surface area contributed by atoms with Gasteiger partial charge in [-0.1, -0.05) is 29.7 Å². The van der Waals surface area contributed by atoms with Gasteiger partial charge in [-0.3, -0.25) is 9.59 Å². The summed E-state index contributed by atoms with van der Waals surface area (Å²) in [5, 5.41) is 16.9. The zero-order chi connectivity index (χ0) is 30.5. The lowest BCUT2D eigenvalue weighted by molar-refractivity contribution is 0.0773. The molecule has 11 heteroatoms. The van der Waals surface area contributed by atoms with Gasteiger partial charge in [-0.2, -0.15) is 10.4 Å². The number of amides is 2. The van der Waals surface area contributed by atoms with Gasteiger partial charge in [0.25, 0.3) is 11.8 Å². The minimum atomic E-state index is -0.513. The highest BCUT2D eigenvalue weighted by Gasteiger charge is 2.21. The van der Waals surface area contributed by atoms with Crippen molar-refractivity contribution in [2.75, 3.05) is 13.6 Å². The molecule has 43 heavy (non-hydrogen) atoms. The maximum absolute atomic E-state index is 14.3. The first-order chi connectivity index (χ1) is 20.8. The molecule has 0 unspecified atom stereocenters. The Bertz CT molecular complexity index is 1940. The van der Waals surface area contributed by atoms with Gasteiger partial charge >= 0.3 is 0 Å². The fourth-order valence-corrected chi connectivity index (χ4v) is 4.73. The number of aromatic nitrogens is 4. The van der Waals surface area contributed by atoms with Crippen LogP contribution in [0.15, 0.2) is 73.1 Å². The smallest absolute Gasteiger partial charge is 0.270 e. The molecule has 2 aromatic carbocycles. The Morgan fingerprint density at radius 1 is 1.09 bits per heavy atom. The number of hydrogen-bond donors (Lipinski definition) is 1. The highest BCUT2D eigenvalue weighted by atomic mass is 35.5. The van der Waals surface area contributed by atoms with E-state index in [9.17, 15) is 19.2 Å². The molecule has 3 heterocycles. The van der Waals surface area contributed by atoms with Crippen molar-refractivity contribution in [3.8, 4) is 17.9 Å². The first kappa shape index (κ1) is 29.1. The van der Waals surface area contributed by atoms with Gasteiger partial charge in [-0.05, 0) is 66.9 Å². The van der Waals surface area contributed by atoms with Crippen molar-refractivity contribution >= 4 is 29.1 Å². The van der Waals surface area contributed by atoms with E-state index in [0.29, 0.717) is 22.5 Å². The molecule has 0 saturated carbocycles. The molecule has 9 nitrogen and oxygen atoms in total. The fraction of sp³-hybridized carbons (Fsp3) is 0.156. The molecule has 0 aliphatic rings. The van der Waals surface area contributed by atoms with E-state index >= 15 is 0 Å². The standard InChI is InChI=1S/C32H25ClFN7O2/c1-21-8-9-23(17-22(21)10-11-25-19-37-30-7-4-14-38-41(25)30)31(42)36-15-16-40-24(18-35)12-13-29(40)32(43)39(2)20-26-27(33)5-3-6-28(26)34/h3-9,12-14,17,19H,15-16,20H2,1-2H3,(H,36,42). The third-order valence-electron chi connectivity index (χ3n) is 6.84. The van der Waals surface area contributed by atoms with Crippen LogP contribution in [0, 0.1) is 35.9 Å². The number of halogens is 2. The maximum Gasteiger partial charge on any atom is 0.270 e. The van der Waals surface area contributed by atoms with Gasteiger partial charge < -0.3 is 14.8 Å².